The lowest BCUT2D eigenvalue weighted by molar-refractivity contribution is -0.113. The van der Waals surface area contributed by atoms with Gasteiger partial charge in [0.25, 0.3) is 5.91 Å². The fraction of sp³-hybridized carbons (Fsp3) is 0.158. The largest absolute Gasteiger partial charge is 0.322 e. The minimum atomic E-state index is -0.162. The van der Waals surface area contributed by atoms with Crippen molar-refractivity contribution in [3.8, 4) is 0 Å². The molecule has 138 valence electrons. The summed E-state index contributed by atoms with van der Waals surface area (Å²) in [6.45, 7) is 3.78. The van der Waals surface area contributed by atoms with Crippen LogP contribution in [0, 0.1) is 13.8 Å². The third kappa shape index (κ3) is 5.63. The van der Waals surface area contributed by atoms with Crippen molar-refractivity contribution in [1.82, 2.24) is 10.2 Å². The van der Waals surface area contributed by atoms with Crippen LogP contribution in [0.1, 0.15) is 20.9 Å². The molecule has 1 heterocycles. The van der Waals surface area contributed by atoms with Gasteiger partial charge in [-0.15, -0.1) is 22.0 Å². The number of rotatable bonds is 6. The minimum absolute atomic E-state index is 0.148. The Labute approximate surface area is 165 Å². The summed E-state index contributed by atoms with van der Waals surface area (Å²) in [5, 5.41) is 14.6. The summed E-state index contributed by atoms with van der Waals surface area (Å²) in [7, 11) is 0. The van der Waals surface area contributed by atoms with Crippen molar-refractivity contribution >= 4 is 45.7 Å². The van der Waals surface area contributed by atoms with E-state index in [4.69, 9.17) is 0 Å². The topological polar surface area (TPSA) is 84.0 Å². The van der Waals surface area contributed by atoms with Gasteiger partial charge in [-0.2, -0.15) is 0 Å². The van der Waals surface area contributed by atoms with Gasteiger partial charge in [0.05, 0.1) is 5.75 Å². The van der Waals surface area contributed by atoms with Crippen LogP contribution in [-0.2, 0) is 4.79 Å². The molecule has 2 N–H and O–H groups in total. The molecule has 27 heavy (non-hydrogen) atoms. The Balaban J connectivity index is 1.57. The summed E-state index contributed by atoms with van der Waals surface area (Å²) in [5.41, 5.74) is 2.33. The van der Waals surface area contributed by atoms with Crippen LogP contribution in [-0.4, -0.2) is 27.8 Å². The molecule has 0 saturated carbocycles. The lowest BCUT2D eigenvalue weighted by Gasteiger charge is -2.08. The van der Waals surface area contributed by atoms with Crippen LogP contribution in [0.15, 0.2) is 53.4 Å². The number of amides is 2. The maximum Gasteiger partial charge on any atom is 0.255 e. The van der Waals surface area contributed by atoms with Gasteiger partial charge < -0.3 is 5.32 Å². The van der Waals surface area contributed by atoms with Crippen molar-refractivity contribution in [2.24, 2.45) is 0 Å². The highest BCUT2D eigenvalue weighted by molar-refractivity contribution is 8.00. The lowest BCUT2D eigenvalue weighted by Crippen LogP contribution is -2.14. The molecule has 6 nitrogen and oxygen atoms in total. The molecule has 0 aliphatic rings. The van der Waals surface area contributed by atoms with Crippen molar-refractivity contribution < 1.29 is 9.59 Å². The number of carbonyl (C=O) groups excluding carboxylic acids is 2. The SMILES string of the molecule is Cc1cccc(C(=O)Nc2cccc(SCC(=O)Nc3nnc(C)s3)c2)c1. The van der Waals surface area contributed by atoms with Crippen LogP contribution >= 0.6 is 23.1 Å². The fourth-order valence-corrected chi connectivity index (χ4v) is 3.67. The van der Waals surface area contributed by atoms with Gasteiger partial charge in [0.15, 0.2) is 0 Å². The molecule has 8 heteroatoms. The summed E-state index contributed by atoms with van der Waals surface area (Å²) in [6, 6.07) is 14.8. The average Bonchev–Trinajstić information content (AvgIpc) is 3.05. The first-order chi connectivity index (χ1) is 13.0. The number of hydrogen-bond acceptors (Lipinski definition) is 6. The van der Waals surface area contributed by atoms with Gasteiger partial charge in [0, 0.05) is 16.1 Å². The smallest absolute Gasteiger partial charge is 0.255 e. The molecule has 0 saturated heterocycles. The molecule has 0 aliphatic heterocycles. The van der Waals surface area contributed by atoms with Crippen LogP contribution in [0.4, 0.5) is 10.8 Å². The van der Waals surface area contributed by atoms with E-state index in [0.29, 0.717) is 16.4 Å². The Morgan fingerprint density at radius 1 is 1.04 bits per heavy atom. The Morgan fingerprint density at radius 2 is 1.85 bits per heavy atom. The van der Waals surface area contributed by atoms with E-state index in [1.807, 2.05) is 56.3 Å². The number of carbonyl (C=O) groups is 2. The van der Waals surface area contributed by atoms with E-state index in [-0.39, 0.29) is 17.6 Å². The summed E-state index contributed by atoms with van der Waals surface area (Å²) < 4.78 is 0. The van der Waals surface area contributed by atoms with E-state index in [2.05, 4.69) is 20.8 Å². The summed E-state index contributed by atoms with van der Waals surface area (Å²) in [6.07, 6.45) is 0. The van der Waals surface area contributed by atoms with Gasteiger partial charge in [-0.1, -0.05) is 35.1 Å². The van der Waals surface area contributed by atoms with Crippen LogP contribution in [0.25, 0.3) is 0 Å². The number of nitrogens with one attached hydrogen (secondary N) is 2. The number of nitrogens with zero attached hydrogens (tertiary/aromatic N) is 2. The molecule has 2 amide bonds. The third-order valence-corrected chi connectivity index (χ3v) is 5.26. The molecule has 0 unspecified atom stereocenters. The van der Waals surface area contributed by atoms with E-state index in [0.717, 1.165) is 15.5 Å². The molecule has 0 aliphatic carbocycles. The Hall–Kier alpha value is -2.71. The molecular weight excluding hydrogens is 380 g/mol. The normalized spacial score (nSPS) is 10.4. The number of aryl methyl sites for hydroxylation is 2. The molecule has 0 atom stereocenters. The number of anilines is 2. The molecule has 0 radical (unpaired) electrons. The molecule has 2 aromatic carbocycles. The summed E-state index contributed by atoms with van der Waals surface area (Å²) in [5.74, 6) is -0.0657. The fourth-order valence-electron chi connectivity index (χ4n) is 2.30. The van der Waals surface area contributed by atoms with Crippen LogP contribution < -0.4 is 10.6 Å². The van der Waals surface area contributed by atoms with E-state index in [1.54, 1.807) is 6.07 Å². The predicted molar refractivity (Wildman–Crippen MR) is 110 cm³/mol. The summed E-state index contributed by atoms with van der Waals surface area (Å²) >= 11 is 2.72. The average molecular weight is 399 g/mol. The Bertz CT molecular complexity index is 972. The molecule has 3 rings (SSSR count). The van der Waals surface area contributed by atoms with Gasteiger partial charge in [-0.25, -0.2) is 0 Å². The molecule has 0 fully saturated rings. The Morgan fingerprint density at radius 3 is 2.59 bits per heavy atom. The number of thioether (sulfide) groups is 1. The molecule has 0 bridgehead atoms. The highest BCUT2D eigenvalue weighted by Crippen LogP contribution is 2.23. The maximum absolute atomic E-state index is 12.4. The van der Waals surface area contributed by atoms with Gasteiger partial charge in [0.1, 0.15) is 5.01 Å². The summed E-state index contributed by atoms with van der Waals surface area (Å²) in [4.78, 5) is 25.3. The second-order valence-corrected chi connectivity index (χ2v) is 8.04. The van der Waals surface area contributed by atoms with Gasteiger partial charge in [0.2, 0.25) is 11.0 Å². The van der Waals surface area contributed by atoms with Crippen molar-refractivity contribution in [3.05, 3.63) is 64.7 Å². The maximum atomic E-state index is 12.4. The number of hydrogen-bond donors (Lipinski definition) is 2. The van der Waals surface area contributed by atoms with Gasteiger partial charge in [-0.05, 0) is 44.2 Å². The van der Waals surface area contributed by atoms with E-state index >= 15 is 0 Å². The van der Waals surface area contributed by atoms with Gasteiger partial charge >= 0.3 is 0 Å². The zero-order chi connectivity index (χ0) is 19.2. The first kappa shape index (κ1) is 19.1. The second kappa shape index (κ2) is 8.79. The predicted octanol–water partition coefficient (Wildman–Crippen LogP) is 4.14. The Kier molecular flexibility index (Phi) is 6.20. The van der Waals surface area contributed by atoms with Crippen LogP contribution in [0.2, 0.25) is 0 Å². The minimum Gasteiger partial charge on any atom is -0.322 e. The van der Waals surface area contributed by atoms with Gasteiger partial charge in [-0.3, -0.25) is 14.9 Å². The number of aromatic nitrogens is 2. The van der Waals surface area contributed by atoms with Crippen LogP contribution in [0.3, 0.4) is 0 Å². The zero-order valence-corrected chi connectivity index (χ0v) is 16.5. The van der Waals surface area contributed by atoms with Crippen molar-refractivity contribution in [1.29, 1.82) is 0 Å². The second-order valence-electron chi connectivity index (χ2n) is 5.81. The van der Waals surface area contributed by atoms with Crippen LogP contribution in [0.5, 0.6) is 0 Å². The quantitative estimate of drug-likeness (QED) is 0.610. The standard InChI is InChI=1S/C19H18N4O2S2/c1-12-5-3-6-14(9-12)18(25)20-15-7-4-8-16(10-15)26-11-17(24)21-19-23-22-13(2)27-19/h3-10H,11H2,1-2H3,(H,20,25)(H,21,23,24). The van der Waals surface area contributed by atoms with E-state index in [1.165, 1.54) is 23.1 Å². The van der Waals surface area contributed by atoms with Crippen molar-refractivity contribution in [3.63, 3.8) is 0 Å². The zero-order valence-electron chi connectivity index (χ0n) is 14.9. The highest BCUT2D eigenvalue weighted by Gasteiger charge is 2.09. The van der Waals surface area contributed by atoms with E-state index in [9.17, 15) is 9.59 Å². The van der Waals surface area contributed by atoms with Crippen molar-refractivity contribution in [2.75, 3.05) is 16.4 Å². The molecule has 0 spiro atoms. The molecule has 1 aromatic heterocycles. The first-order valence-electron chi connectivity index (χ1n) is 8.20. The molecule has 3 aromatic rings. The highest BCUT2D eigenvalue weighted by atomic mass is 32.2. The molecular formula is C19H18N4O2S2. The first-order valence-corrected chi connectivity index (χ1v) is 10.0. The van der Waals surface area contributed by atoms with E-state index < -0.39 is 0 Å². The lowest BCUT2D eigenvalue weighted by atomic mass is 10.1. The van der Waals surface area contributed by atoms with Crippen molar-refractivity contribution in [2.45, 2.75) is 18.7 Å². The number of benzene rings is 2. The monoisotopic (exact) mass is 398 g/mol. The third-order valence-electron chi connectivity index (χ3n) is 3.51.